The summed E-state index contributed by atoms with van der Waals surface area (Å²) in [6, 6.07) is -4.78. The van der Waals surface area contributed by atoms with Gasteiger partial charge in [0, 0.05) is 25.0 Å². The number of carbonyl (C=O) groups is 6. The fourth-order valence-corrected chi connectivity index (χ4v) is 5.17. The van der Waals surface area contributed by atoms with E-state index in [0.29, 0.717) is 6.42 Å². The number of nitrogens with one attached hydrogen (secondary N) is 4. The summed E-state index contributed by atoms with van der Waals surface area (Å²) in [5, 5.41) is 18.8. The molecule has 0 radical (unpaired) electrons. The number of hydrogen-bond acceptors (Lipinski definition) is 9. The third-order valence-corrected chi connectivity index (χ3v) is 6.92. The van der Waals surface area contributed by atoms with Crippen LogP contribution in [0.1, 0.15) is 26.2 Å². The Hall–Kier alpha value is -3.21. The number of carbonyl (C=O) groups excluding carboxylic acids is 5. The minimum atomic E-state index is -1.51. The number of rotatable bonds is 10. The lowest BCUT2D eigenvalue weighted by Gasteiger charge is -2.24. The number of carboxylic acid groups (broad SMARTS) is 1. The van der Waals surface area contributed by atoms with Gasteiger partial charge in [0.1, 0.15) is 24.2 Å². The summed E-state index contributed by atoms with van der Waals surface area (Å²) < 4.78 is 0. The zero-order chi connectivity index (χ0) is 26.5. The monoisotopic (exact) mass is 534 g/mol. The molecular formula is C18H30N8O7S2. The Morgan fingerprint density at radius 3 is 2.34 bits per heavy atom. The summed E-state index contributed by atoms with van der Waals surface area (Å²) in [5.41, 5.74) is 15.8. The number of hydrogen-bond donors (Lipinski definition) is 8. The SMILES string of the molecule is CC(=O)N[C@@H](CCCN=C(N)N)C(=O)NC1CSSC[C@@H](C(N)=O)NC(=O)[C@H](CC(=O)O)NC1=O. The second kappa shape index (κ2) is 14.9. The van der Waals surface area contributed by atoms with E-state index in [-0.39, 0.29) is 30.4 Å². The van der Waals surface area contributed by atoms with Crippen molar-refractivity contribution in [3.63, 3.8) is 0 Å². The van der Waals surface area contributed by atoms with E-state index in [9.17, 15) is 28.8 Å². The van der Waals surface area contributed by atoms with Crippen LogP contribution in [0.2, 0.25) is 0 Å². The Morgan fingerprint density at radius 2 is 1.77 bits per heavy atom. The van der Waals surface area contributed by atoms with Crippen molar-refractivity contribution in [2.24, 2.45) is 22.2 Å². The highest BCUT2D eigenvalue weighted by Gasteiger charge is 2.33. The van der Waals surface area contributed by atoms with E-state index >= 15 is 0 Å². The maximum atomic E-state index is 12.9. The topological polar surface area (TPSA) is 261 Å². The number of nitrogens with zero attached hydrogens (tertiary/aromatic N) is 1. The molecule has 4 atom stereocenters. The Morgan fingerprint density at radius 1 is 1.11 bits per heavy atom. The predicted molar refractivity (Wildman–Crippen MR) is 130 cm³/mol. The minimum absolute atomic E-state index is 0.0164. The maximum Gasteiger partial charge on any atom is 0.305 e. The summed E-state index contributed by atoms with van der Waals surface area (Å²) in [6.07, 6.45) is -0.237. The van der Waals surface area contributed by atoms with Crippen LogP contribution in [0.3, 0.4) is 0 Å². The fourth-order valence-electron chi connectivity index (χ4n) is 2.83. The molecule has 5 amide bonds. The Bertz CT molecular complexity index is 853. The van der Waals surface area contributed by atoms with Crippen LogP contribution in [-0.2, 0) is 28.8 Å². The first-order valence-electron chi connectivity index (χ1n) is 10.4. The molecule has 1 rings (SSSR count). The van der Waals surface area contributed by atoms with Crippen molar-refractivity contribution >= 4 is 63.1 Å². The first-order chi connectivity index (χ1) is 16.4. The average molecular weight is 535 g/mol. The van der Waals surface area contributed by atoms with Gasteiger partial charge in [0.05, 0.1) is 6.42 Å². The lowest BCUT2D eigenvalue weighted by Crippen LogP contribution is -2.58. The van der Waals surface area contributed by atoms with E-state index in [1.807, 2.05) is 0 Å². The van der Waals surface area contributed by atoms with Gasteiger partial charge in [0.15, 0.2) is 5.96 Å². The van der Waals surface area contributed by atoms with Gasteiger partial charge in [-0.3, -0.25) is 33.8 Å². The quantitative estimate of drug-likeness (QED) is 0.0586. The molecule has 15 nitrogen and oxygen atoms in total. The normalized spacial score (nSPS) is 21.8. The number of guanidine groups is 1. The summed E-state index contributed by atoms with van der Waals surface area (Å²) in [7, 11) is 2.27. The van der Waals surface area contributed by atoms with E-state index in [0.717, 1.165) is 21.6 Å². The molecule has 1 aliphatic heterocycles. The third kappa shape index (κ3) is 11.7. The van der Waals surface area contributed by atoms with Crippen molar-refractivity contribution < 1.29 is 33.9 Å². The molecule has 0 aromatic carbocycles. The number of primary amides is 1. The summed E-state index contributed by atoms with van der Waals surface area (Å²) in [4.78, 5) is 76.5. The van der Waals surface area contributed by atoms with Gasteiger partial charge in [-0.1, -0.05) is 21.6 Å². The Kier molecular flexibility index (Phi) is 12.7. The fraction of sp³-hybridized carbons (Fsp3) is 0.611. The Balaban J connectivity index is 3.02. The van der Waals surface area contributed by atoms with Crippen molar-refractivity contribution in [2.45, 2.75) is 50.4 Å². The smallest absolute Gasteiger partial charge is 0.305 e. The first kappa shape index (κ1) is 29.8. The molecular weight excluding hydrogens is 504 g/mol. The summed E-state index contributed by atoms with van der Waals surface area (Å²) >= 11 is 0. The standard InChI is InChI=1S/C18H30N8O7S2/c1-8(27)23-9(3-2-4-22-18(20)21)15(31)26-12-7-35-34-6-11(14(19)30)25-16(32)10(5-13(28)29)24-17(12)33/h9-12H,2-7H2,1H3,(H2,19,30)(H,23,27)(H,24,33)(H,25,32)(H,26,31)(H,28,29)(H4,20,21,22)/t9-,10-,11-,12?/m0/s1. The molecule has 0 aromatic rings. The number of aliphatic imine (C=N–C) groups is 1. The Labute approximate surface area is 208 Å². The van der Waals surface area contributed by atoms with Crippen LogP contribution in [0.4, 0.5) is 0 Å². The number of carboxylic acids is 1. The molecule has 0 saturated carbocycles. The summed E-state index contributed by atoms with van der Waals surface area (Å²) in [6.45, 7) is 1.45. The van der Waals surface area contributed by atoms with Crippen LogP contribution < -0.4 is 38.5 Å². The van der Waals surface area contributed by atoms with Crippen molar-refractivity contribution in [3.05, 3.63) is 0 Å². The molecule has 0 bridgehead atoms. The summed E-state index contributed by atoms with van der Waals surface area (Å²) in [5.74, 6) is -5.10. The highest BCUT2D eigenvalue weighted by atomic mass is 33.1. The number of nitrogens with two attached hydrogens (primary N) is 3. The van der Waals surface area contributed by atoms with E-state index in [1.54, 1.807) is 0 Å². The molecule has 11 N–H and O–H groups in total. The van der Waals surface area contributed by atoms with Crippen LogP contribution in [0.25, 0.3) is 0 Å². The largest absolute Gasteiger partial charge is 0.481 e. The molecule has 1 unspecified atom stereocenters. The lowest BCUT2D eigenvalue weighted by molar-refractivity contribution is -0.141. The second-order valence-corrected chi connectivity index (χ2v) is 10.0. The van der Waals surface area contributed by atoms with Crippen molar-refractivity contribution in [3.8, 4) is 0 Å². The zero-order valence-corrected chi connectivity index (χ0v) is 20.6. The molecule has 196 valence electrons. The van der Waals surface area contributed by atoms with Gasteiger partial charge >= 0.3 is 5.97 Å². The van der Waals surface area contributed by atoms with Gasteiger partial charge in [0.2, 0.25) is 29.5 Å². The van der Waals surface area contributed by atoms with Crippen molar-refractivity contribution in [1.82, 2.24) is 21.3 Å². The van der Waals surface area contributed by atoms with Crippen LogP contribution in [0, 0.1) is 0 Å². The molecule has 35 heavy (non-hydrogen) atoms. The van der Waals surface area contributed by atoms with Gasteiger partial charge < -0.3 is 43.6 Å². The van der Waals surface area contributed by atoms with E-state index < -0.39 is 66.1 Å². The van der Waals surface area contributed by atoms with E-state index in [2.05, 4.69) is 26.3 Å². The van der Waals surface area contributed by atoms with Crippen molar-refractivity contribution in [2.75, 3.05) is 18.1 Å². The third-order valence-electron chi connectivity index (χ3n) is 4.50. The first-order valence-corrected chi connectivity index (χ1v) is 12.9. The molecule has 17 heteroatoms. The molecule has 0 aliphatic carbocycles. The van der Waals surface area contributed by atoms with E-state index in [1.165, 1.54) is 6.92 Å². The van der Waals surface area contributed by atoms with Gasteiger partial charge in [-0.15, -0.1) is 0 Å². The molecule has 0 spiro atoms. The van der Waals surface area contributed by atoms with Gasteiger partial charge in [-0.2, -0.15) is 0 Å². The second-order valence-electron chi connectivity index (χ2n) is 7.45. The predicted octanol–water partition coefficient (Wildman–Crippen LogP) is -3.65. The van der Waals surface area contributed by atoms with Gasteiger partial charge in [-0.05, 0) is 12.8 Å². The average Bonchev–Trinajstić information content (AvgIpc) is 2.76. The van der Waals surface area contributed by atoms with Crippen LogP contribution in [0.5, 0.6) is 0 Å². The van der Waals surface area contributed by atoms with Crippen molar-refractivity contribution in [1.29, 1.82) is 0 Å². The van der Waals surface area contributed by atoms with Crippen LogP contribution >= 0.6 is 21.6 Å². The highest BCUT2D eigenvalue weighted by molar-refractivity contribution is 8.76. The van der Waals surface area contributed by atoms with E-state index in [4.69, 9.17) is 22.3 Å². The van der Waals surface area contributed by atoms with Gasteiger partial charge in [0.25, 0.3) is 0 Å². The number of amides is 5. The molecule has 1 saturated heterocycles. The molecule has 1 fully saturated rings. The molecule has 1 heterocycles. The number of aliphatic carboxylic acids is 1. The highest BCUT2D eigenvalue weighted by Crippen LogP contribution is 2.23. The van der Waals surface area contributed by atoms with Gasteiger partial charge in [-0.25, -0.2) is 0 Å². The van der Waals surface area contributed by atoms with Crippen LogP contribution in [-0.4, -0.2) is 88.8 Å². The molecule has 1 aliphatic rings. The molecule has 0 aromatic heterocycles. The lowest BCUT2D eigenvalue weighted by atomic mass is 10.1. The minimum Gasteiger partial charge on any atom is -0.481 e. The van der Waals surface area contributed by atoms with Crippen LogP contribution in [0.15, 0.2) is 4.99 Å². The maximum absolute atomic E-state index is 12.9. The zero-order valence-electron chi connectivity index (χ0n) is 18.9.